The zero-order chi connectivity index (χ0) is 22.9. The molecular formula is C24H31F2N3O3S. The van der Waals surface area contributed by atoms with Gasteiger partial charge in [0, 0.05) is 23.5 Å². The van der Waals surface area contributed by atoms with Crippen LogP contribution in [0.1, 0.15) is 54.9 Å². The number of pyridine rings is 1. The van der Waals surface area contributed by atoms with Gasteiger partial charge in [0.2, 0.25) is 5.91 Å². The molecule has 5 rings (SSSR count). The Balaban J connectivity index is 1.30. The maximum absolute atomic E-state index is 13.6. The molecule has 3 aliphatic rings. The molecule has 1 amide bonds. The van der Waals surface area contributed by atoms with Gasteiger partial charge >= 0.3 is 0 Å². The summed E-state index contributed by atoms with van der Waals surface area (Å²) < 4.78 is 39.1. The molecule has 0 unspecified atom stereocenters. The van der Waals surface area contributed by atoms with Crippen LogP contribution in [0.15, 0.2) is 12.3 Å². The summed E-state index contributed by atoms with van der Waals surface area (Å²) in [5.74, 6) is 0.676. The first-order valence-electron chi connectivity index (χ1n) is 11.9. The van der Waals surface area contributed by atoms with E-state index in [0.29, 0.717) is 19.6 Å². The first-order valence-corrected chi connectivity index (χ1v) is 12.7. The quantitative estimate of drug-likeness (QED) is 0.652. The standard InChI is InChI=1S/C24H31F2N3O3S/c25-10-16-12-31-13-17(11-26)29(16)15-2-4-18(5-3-15)32-19-7-8-28-24-23(19)22-14(9-21(27)30)1-6-20(22)33-24/h7-8,14-18H,1-6,9-13H2,(H2,27,30)/t14-,15?,16+,17+,18?/m1/s1. The Morgan fingerprint density at radius 1 is 1.18 bits per heavy atom. The van der Waals surface area contributed by atoms with E-state index in [1.807, 2.05) is 11.0 Å². The van der Waals surface area contributed by atoms with Crippen LogP contribution in [0.2, 0.25) is 0 Å². The van der Waals surface area contributed by atoms with Gasteiger partial charge in [0.1, 0.15) is 23.9 Å². The average Bonchev–Trinajstić information content (AvgIpc) is 3.38. The number of aryl methyl sites for hydroxylation is 1. The lowest BCUT2D eigenvalue weighted by Gasteiger charge is -2.46. The van der Waals surface area contributed by atoms with Gasteiger partial charge in [0.05, 0.1) is 36.8 Å². The molecule has 2 aliphatic carbocycles. The number of hydrogen-bond acceptors (Lipinski definition) is 6. The molecule has 0 bridgehead atoms. The number of fused-ring (bicyclic) bond motifs is 3. The normalized spacial score (nSPS) is 30.4. The van der Waals surface area contributed by atoms with Crippen molar-refractivity contribution in [1.82, 2.24) is 9.88 Å². The van der Waals surface area contributed by atoms with Gasteiger partial charge in [-0.05, 0) is 56.1 Å². The highest BCUT2D eigenvalue weighted by Gasteiger charge is 2.39. The van der Waals surface area contributed by atoms with Crippen molar-refractivity contribution in [2.45, 2.75) is 75.1 Å². The molecular weight excluding hydrogens is 448 g/mol. The summed E-state index contributed by atoms with van der Waals surface area (Å²) in [5.41, 5.74) is 6.69. The minimum atomic E-state index is -0.516. The summed E-state index contributed by atoms with van der Waals surface area (Å²) in [4.78, 5) is 20.4. The lowest BCUT2D eigenvalue weighted by atomic mass is 9.89. The number of morpholine rings is 1. The Morgan fingerprint density at radius 2 is 1.91 bits per heavy atom. The summed E-state index contributed by atoms with van der Waals surface area (Å²) in [6, 6.07) is 1.34. The Kier molecular flexibility index (Phi) is 6.81. The minimum absolute atomic E-state index is 0.0482. The number of halogens is 2. The zero-order valence-electron chi connectivity index (χ0n) is 18.7. The molecule has 2 aromatic heterocycles. The fourth-order valence-corrected chi connectivity index (χ4v) is 7.23. The number of thiophene rings is 1. The number of rotatable bonds is 7. The van der Waals surface area contributed by atoms with Crippen LogP contribution in [0.5, 0.6) is 5.75 Å². The number of alkyl halides is 2. The molecule has 1 saturated carbocycles. The van der Waals surface area contributed by atoms with Gasteiger partial charge in [0.25, 0.3) is 0 Å². The highest BCUT2D eigenvalue weighted by molar-refractivity contribution is 7.19. The predicted octanol–water partition coefficient (Wildman–Crippen LogP) is 3.90. The van der Waals surface area contributed by atoms with E-state index in [9.17, 15) is 13.6 Å². The van der Waals surface area contributed by atoms with Crippen LogP contribution in [0.4, 0.5) is 8.78 Å². The summed E-state index contributed by atoms with van der Waals surface area (Å²) in [6.45, 7) is -0.377. The monoisotopic (exact) mass is 479 g/mol. The van der Waals surface area contributed by atoms with Crippen molar-refractivity contribution in [1.29, 1.82) is 0 Å². The van der Waals surface area contributed by atoms with Crippen molar-refractivity contribution in [3.05, 3.63) is 22.7 Å². The minimum Gasteiger partial charge on any atom is -0.490 e. The summed E-state index contributed by atoms with van der Waals surface area (Å²) in [5, 5.41) is 1.03. The summed E-state index contributed by atoms with van der Waals surface area (Å²) >= 11 is 1.69. The number of ether oxygens (including phenoxy) is 2. The number of primary amides is 1. The van der Waals surface area contributed by atoms with Crippen LogP contribution in [0.25, 0.3) is 10.2 Å². The van der Waals surface area contributed by atoms with E-state index in [4.69, 9.17) is 15.2 Å². The SMILES string of the molecule is NC(=O)C[C@H]1CCc2sc3nccc(OC4CCC(N5[C@@H](CF)COC[C@@H]5CF)CC4)c3c21. The maximum Gasteiger partial charge on any atom is 0.218 e. The van der Waals surface area contributed by atoms with Crippen molar-refractivity contribution in [3.8, 4) is 5.75 Å². The second-order valence-electron chi connectivity index (χ2n) is 9.48. The highest BCUT2D eigenvalue weighted by atomic mass is 32.1. The third-order valence-electron chi connectivity index (χ3n) is 7.42. The van der Waals surface area contributed by atoms with Gasteiger partial charge in [-0.1, -0.05) is 0 Å². The first-order chi connectivity index (χ1) is 16.1. The first kappa shape index (κ1) is 22.9. The van der Waals surface area contributed by atoms with Crippen molar-refractivity contribution in [2.75, 3.05) is 26.6 Å². The molecule has 3 atom stereocenters. The largest absolute Gasteiger partial charge is 0.490 e. The Bertz CT molecular complexity index is 983. The zero-order valence-corrected chi connectivity index (χ0v) is 19.5. The second kappa shape index (κ2) is 9.80. The highest BCUT2D eigenvalue weighted by Crippen LogP contribution is 2.48. The average molecular weight is 480 g/mol. The molecule has 2 aromatic rings. The lowest BCUT2D eigenvalue weighted by molar-refractivity contribution is -0.118. The van der Waals surface area contributed by atoms with Crippen molar-refractivity contribution < 1.29 is 23.0 Å². The maximum atomic E-state index is 13.6. The Labute approximate surface area is 196 Å². The number of carbonyl (C=O) groups is 1. The number of amides is 1. The van der Waals surface area contributed by atoms with Gasteiger partial charge in [-0.2, -0.15) is 0 Å². The molecule has 1 aliphatic heterocycles. The molecule has 2 N–H and O–H groups in total. The van der Waals surface area contributed by atoms with Crippen LogP contribution in [-0.4, -0.2) is 66.6 Å². The topological polar surface area (TPSA) is 77.7 Å². The molecule has 0 radical (unpaired) electrons. The second-order valence-corrected chi connectivity index (χ2v) is 10.6. The third kappa shape index (κ3) is 4.47. The van der Waals surface area contributed by atoms with Crippen molar-refractivity contribution >= 4 is 27.5 Å². The fourth-order valence-electron chi connectivity index (χ4n) is 5.97. The van der Waals surface area contributed by atoms with Crippen LogP contribution >= 0.6 is 11.3 Å². The van der Waals surface area contributed by atoms with Crippen LogP contribution < -0.4 is 10.5 Å². The van der Waals surface area contributed by atoms with Gasteiger partial charge in [-0.15, -0.1) is 11.3 Å². The smallest absolute Gasteiger partial charge is 0.218 e. The van der Waals surface area contributed by atoms with Crippen LogP contribution in [0.3, 0.4) is 0 Å². The van der Waals surface area contributed by atoms with Crippen molar-refractivity contribution in [3.63, 3.8) is 0 Å². The molecule has 3 heterocycles. The van der Waals surface area contributed by atoms with Gasteiger partial charge in [-0.3, -0.25) is 9.69 Å². The number of aromatic nitrogens is 1. The molecule has 1 saturated heterocycles. The Hall–Kier alpha value is -1.84. The van der Waals surface area contributed by atoms with Crippen molar-refractivity contribution in [2.24, 2.45) is 5.73 Å². The number of carbonyl (C=O) groups excluding carboxylic acids is 1. The van der Waals surface area contributed by atoms with Crippen LogP contribution in [-0.2, 0) is 16.0 Å². The summed E-state index contributed by atoms with van der Waals surface area (Å²) in [7, 11) is 0. The summed E-state index contributed by atoms with van der Waals surface area (Å²) in [6.07, 6.45) is 7.42. The lowest BCUT2D eigenvalue weighted by Crippen LogP contribution is -2.59. The van der Waals surface area contributed by atoms with Gasteiger partial charge in [0.15, 0.2) is 0 Å². The molecule has 0 aromatic carbocycles. The van der Waals surface area contributed by atoms with E-state index in [0.717, 1.165) is 54.5 Å². The molecule has 6 nitrogen and oxygen atoms in total. The van der Waals surface area contributed by atoms with E-state index in [2.05, 4.69) is 4.98 Å². The van der Waals surface area contributed by atoms with E-state index in [1.165, 1.54) is 10.4 Å². The van der Waals surface area contributed by atoms with Gasteiger partial charge < -0.3 is 15.2 Å². The molecule has 9 heteroatoms. The number of hydrogen-bond donors (Lipinski definition) is 1. The fraction of sp³-hybridized carbons (Fsp3) is 0.667. The molecule has 2 fully saturated rings. The van der Waals surface area contributed by atoms with Crippen LogP contribution in [0, 0.1) is 0 Å². The molecule has 0 spiro atoms. The molecule has 180 valence electrons. The Morgan fingerprint density at radius 3 is 2.58 bits per heavy atom. The third-order valence-corrected chi connectivity index (χ3v) is 8.60. The number of nitrogens with two attached hydrogens (primary N) is 1. The van der Waals surface area contributed by atoms with E-state index < -0.39 is 13.3 Å². The molecule has 33 heavy (non-hydrogen) atoms. The van der Waals surface area contributed by atoms with E-state index in [-0.39, 0.29) is 36.1 Å². The number of nitrogens with zero attached hydrogens (tertiary/aromatic N) is 2. The van der Waals surface area contributed by atoms with E-state index in [1.54, 1.807) is 17.5 Å². The van der Waals surface area contributed by atoms with E-state index >= 15 is 0 Å². The van der Waals surface area contributed by atoms with Gasteiger partial charge in [-0.25, -0.2) is 13.8 Å². The predicted molar refractivity (Wildman–Crippen MR) is 123 cm³/mol.